The van der Waals surface area contributed by atoms with Crippen molar-refractivity contribution < 1.29 is 8.42 Å². The first kappa shape index (κ1) is 14.3. The highest BCUT2D eigenvalue weighted by atomic mass is 79.9. The molecule has 0 fully saturated rings. The number of pyridine rings is 1. The topological polar surface area (TPSA) is 50.3 Å². The predicted molar refractivity (Wildman–Crippen MR) is 79.0 cm³/mol. The van der Waals surface area contributed by atoms with E-state index >= 15 is 0 Å². The lowest BCUT2D eigenvalue weighted by Crippen LogP contribution is -2.26. The minimum Gasteiger partial charge on any atom is -0.269 e. The monoisotopic (exact) mass is 360 g/mol. The molecule has 2 rings (SSSR count). The van der Waals surface area contributed by atoms with Crippen molar-refractivity contribution in [3.63, 3.8) is 0 Å². The molecule has 0 saturated carbocycles. The van der Waals surface area contributed by atoms with Crippen molar-refractivity contribution in [1.82, 2.24) is 4.98 Å². The zero-order chi connectivity index (χ0) is 14.0. The summed E-state index contributed by atoms with van der Waals surface area (Å²) >= 11 is 9.06. The molecule has 7 heteroatoms. The van der Waals surface area contributed by atoms with Gasteiger partial charge in [-0.1, -0.05) is 29.8 Å². The van der Waals surface area contributed by atoms with Crippen LogP contribution in [0.15, 0.2) is 52.0 Å². The maximum Gasteiger partial charge on any atom is 0.267 e. The summed E-state index contributed by atoms with van der Waals surface area (Å²) < 4.78 is 26.7. The van der Waals surface area contributed by atoms with E-state index in [1.54, 1.807) is 24.3 Å². The molecule has 0 radical (unpaired) electrons. The molecule has 100 valence electrons. The molecule has 0 aliphatic rings. The number of aromatic nitrogens is 1. The summed E-state index contributed by atoms with van der Waals surface area (Å²) in [5, 5.41) is -0.0500. The molecule has 0 aliphatic heterocycles. The van der Waals surface area contributed by atoms with Gasteiger partial charge in [-0.05, 0) is 34.1 Å². The predicted octanol–water partition coefficient (Wildman–Crippen LogP) is 3.32. The summed E-state index contributed by atoms with van der Waals surface area (Å²) in [6.07, 6.45) is 1.45. The highest BCUT2D eigenvalue weighted by molar-refractivity contribution is 9.10. The van der Waals surface area contributed by atoms with Gasteiger partial charge in [-0.15, -0.1) is 0 Å². The van der Waals surface area contributed by atoms with Gasteiger partial charge in [-0.25, -0.2) is 13.4 Å². The maximum atomic E-state index is 12.5. The molecular formula is C12H10BrClN2O2S. The van der Waals surface area contributed by atoms with Gasteiger partial charge in [0.2, 0.25) is 0 Å². The van der Waals surface area contributed by atoms with E-state index in [1.807, 2.05) is 6.07 Å². The first-order valence-electron chi connectivity index (χ1n) is 5.28. The molecule has 0 amide bonds. The third-order valence-corrected chi connectivity index (χ3v) is 5.18. The average Bonchev–Trinajstić information content (AvgIpc) is 2.41. The lowest BCUT2D eigenvalue weighted by Gasteiger charge is -2.19. The van der Waals surface area contributed by atoms with Crippen molar-refractivity contribution in [3.05, 3.63) is 52.2 Å². The fourth-order valence-corrected chi connectivity index (χ4v) is 3.62. The number of halogens is 2. The number of sulfonamides is 1. The summed E-state index contributed by atoms with van der Waals surface area (Å²) in [5.74, 6) is 0. The van der Waals surface area contributed by atoms with E-state index in [9.17, 15) is 8.42 Å². The van der Waals surface area contributed by atoms with Crippen LogP contribution in [0, 0.1) is 0 Å². The number of para-hydroxylation sites is 1. The molecule has 1 heterocycles. The minimum atomic E-state index is -3.74. The van der Waals surface area contributed by atoms with Crippen LogP contribution in [0.5, 0.6) is 0 Å². The van der Waals surface area contributed by atoms with Crippen LogP contribution in [0.4, 0.5) is 5.69 Å². The summed E-state index contributed by atoms with van der Waals surface area (Å²) in [4.78, 5) is 3.80. The number of benzene rings is 1. The Labute approximate surface area is 125 Å². The van der Waals surface area contributed by atoms with Gasteiger partial charge in [0.1, 0.15) is 10.0 Å². The molecule has 1 aromatic heterocycles. The Kier molecular flexibility index (Phi) is 4.13. The van der Waals surface area contributed by atoms with Crippen LogP contribution in [0.3, 0.4) is 0 Å². The fourth-order valence-electron chi connectivity index (χ4n) is 1.51. The van der Waals surface area contributed by atoms with E-state index in [4.69, 9.17) is 11.6 Å². The Morgan fingerprint density at radius 3 is 2.53 bits per heavy atom. The zero-order valence-electron chi connectivity index (χ0n) is 9.92. The number of hydrogen-bond donors (Lipinski definition) is 0. The van der Waals surface area contributed by atoms with Crippen LogP contribution < -0.4 is 4.31 Å². The molecule has 0 saturated heterocycles. The average molecular weight is 362 g/mol. The quantitative estimate of drug-likeness (QED) is 0.788. The molecule has 0 aliphatic carbocycles. The van der Waals surface area contributed by atoms with Crippen LogP contribution in [-0.2, 0) is 10.0 Å². The molecule has 0 unspecified atom stereocenters. The van der Waals surface area contributed by atoms with Gasteiger partial charge >= 0.3 is 0 Å². The Morgan fingerprint density at radius 2 is 1.89 bits per heavy atom. The zero-order valence-corrected chi connectivity index (χ0v) is 13.1. The third-order valence-electron chi connectivity index (χ3n) is 2.53. The van der Waals surface area contributed by atoms with Crippen LogP contribution in [-0.4, -0.2) is 20.4 Å². The van der Waals surface area contributed by atoms with Gasteiger partial charge < -0.3 is 0 Å². The Bertz CT molecular complexity index is 692. The van der Waals surface area contributed by atoms with Crippen LogP contribution >= 0.6 is 27.5 Å². The largest absolute Gasteiger partial charge is 0.269 e. The Morgan fingerprint density at radius 1 is 1.26 bits per heavy atom. The number of hydrogen-bond acceptors (Lipinski definition) is 3. The Balaban J connectivity index is 2.51. The number of anilines is 1. The minimum absolute atomic E-state index is 0.0325. The van der Waals surface area contributed by atoms with Crippen LogP contribution in [0.2, 0.25) is 5.15 Å². The highest BCUT2D eigenvalue weighted by Gasteiger charge is 2.25. The first-order chi connectivity index (χ1) is 8.93. The lowest BCUT2D eigenvalue weighted by atomic mass is 10.3. The van der Waals surface area contributed by atoms with Gasteiger partial charge in [0.15, 0.2) is 0 Å². The first-order valence-corrected chi connectivity index (χ1v) is 7.89. The highest BCUT2D eigenvalue weighted by Crippen LogP contribution is 2.27. The second-order valence-corrected chi connectivity index (χ2v) is 6.96. The van der Waals surface area contributed by atoms with Crippen molar-refractivity contribution in [1.29, 1.82) is 0 Å². The molecular weight excluding hydrogens is 352 g/mol. The Hall–Kier alpha value is -1.11. The van der Waals surface area contributed by atoms with Gasteiger partial charge in [0.05, 0.1) is 5.69 Å². The standard InChI is InChI=1S/C12H10BrClN2O2S/c1-16(10-5-3-2-4-6-10)19(17,18)11-7-9(13)8-15-12(11)14/h2-8H,1H3. The third kappa shape index (κ3) is 2.91. The smallest absolute Gasteiger partial charge is 0.267 e. The molecule has 19 heavy (non-hydrogen) atoms. The molecule has 4 nitrogen and oxygen atoms in total. The van der Waals surface area contributed by atoms with Crippen molar-refractivity contribution in [2.45, 2.75) is 4.90 Å². The van der Waals surface area contributed by atoms with E-state index in [0.717, 1.165) is 0 Å². The molecule has 0 N–H and O–H groups in total. The normalized spacial score (nSPS) is 11.3. The fraction of sp³-hybridized carbons (Fsp3) is 0.0833. The maximum absolute atomic E-state index is 12.5. The van der Waals surface area contributed by atoms with E-state index in [0.29, 0.717) is 10.2 Å². The molecule has 1 aromatic carbocycles. The molecule has 0 bridgehead atoms. The summed E-state index contributed by atoms with van der Waals surface area (Å²) in [7, 11) is -2.26. The van der Waals surface area contributed by atoms with Crippen molar-refractivity contribution in [3.8, 4) is 0 Å². The van der Waals surface area contributed by atoms with Gasteiger partial charge in [-0.3, -0.25) is 4.31 Å². The number of rotatable bonds is 3. The van der Waals surface area contributed by atoms with E-state index < -0.39 is 10.0 Å². The SMILES string of the molecule is CN(c1ccccc1)S(=O)(=O)c1cc(Br)cnc1Cl. The van der Waals surface area contributed by atoms with E-state index in [1.165, 1.54) is 23.6 Å². The second-order valence-electron chi connectivity index (χ2n) is 3.75. The van der Waals surface area contributed by atoms with Gasteiger partial charge in [-0.2, -0.15) is 0 Å². The van der Waals surface area contributed by atoms with Gasteiger partial charge in [0.25, 0.3) is 10.0 Å². The van der Waals surface area contributed by atoms with E-state index in [-0.39, 0.29) is 10.0 Å². The molecule has 0 atom stereocenters. The lowest BCUT2D eigenvalue weighted by molar-refractivity contribution is 0.594. The summed E-state index contributed by atoms with van der Waals surface area (Å²) in [5.41, 5.74) is 0.554. The van der Waals surface area contributed by atoms with Crippen molar-refractivity contribution >= 4 is 43.2 Å². The number of nitrogens with zero attached hydrogens (tertiary/aromatic N) is 2. The molecule has 0 spiro atoms. The summed E-state index contributed by atoms with van der Waals surface area (Å²) in [6.45, 7) is 0. The van der Waals surface area contributed by atoms with Crippen molar-refractivity contribution in [2.24, 2.45) is 0 Å². The van der Waals surface area contributed by atoms with Crippen molar-refractivity contribution in [2.75, 3.05) is 11.4 Å². The summed E-state index contributed by atoms with van der Waals surface area (Å²) in [6, 6.07) is 10.2. The van der Waals surface area contributed by atoms with Gasteiger partial charge in [0, 0.05) is 17.7 Å². The van der Waals surface area contributed by atoms with E-state index in [2.05, 4.69) is 20.9 Å². The molecule has 2 aromatic rings. The second kappa shape index (κ2) is 5.48. The van der Waals surface area contributed by atoms with Crippen LogP contribution in [0.25, 0.3) is 0 Å². The van der Waals surface area contributed by atoms with Crippen LogP contribution in [0.1, 0.15) is 0 Å².